The second-order valence-corrected chi connectivity index (χ2v) is 8.39. The molecule has 0 radical (unpaired) electrons. The molecule has 0 aliphatic rings. The topological polar surface area (TPSA) is 63.2 Å². The molecular formula is C23H26ClNO3S. The molecule has 0 saturated carbocycles. The zero-order valence-electron chi connectivity index (χ0n) is 17.0. The fourth-order valence-corrected chi connectivity index (χ4v) is 4.11. The van der Waals surface area contributed by atoms with E-state index in [2.05, 4.69) is 5.32 Å². The molecule has 6 heteroatoms. The van der Waals surface area contributed by atoms with E-state index in [1.807, 2.05) is 50.2 Å². The largest absolute Gasteiger partial charge is 0.350 e. The van der Waals surface area contributed by atoms with Gasteiger partial charge in [0.05, 0.1) is 5.88 Å². The van der Waals surface area contributed by atoms with Crippen LogP contribution in [-0.4, -0.2) is 28.9 Å². The van der Waals surface area contributed by atoms with Crippen molar-refractivity contribution in [2.24, 2.45) is 0 Å². The minimum Gasteiger partial charge on any atom is -0.350 e. The molecule has 0 heterocycles. The monoisotopic (exact) mass is 431 g/mol. The summed E-state index contributed by atoms with van der Waals surface area (Å²) in [5.41, 5.74) is 0.729. The van der Waals surface area contributed by atoms with Crippen LogP contribution in [0.1, 0.15) is 60.7 Å². The van der Waals surface area contributed by atoms with Gasteiger partial charge in [0.25, 0.3) is 0 Å². The number of carbonyl (C=O) groups is 3. The standard InChI is InChI=1S/C23H26ClNO3S/c1-4-23(5-2,25-16(3)26)14-21(27)17-6-10-19(11-7-17)29-20-12-8-18(9-13-20)22(28)15-24/h6-13H,4-5,14-15H2,1-3H3,(H,25,26). The molecule has 0 saturated heterocycles. The van der Waals surface area contributed by atoms with Gasteiger partial charge in [-0.1, -0.05) is 49.9 Å². The van der Waals surface area contributed by atoms with Crippen molar-refractivity contribution < 1.29 is 14.4 Å². The zero-order chi connectivity index (χ0) is 21.4. The summed E-state index contributed by atoms with van der Waals surface area (Å²) in [6.45, 7) is 5.45. The van der Waals surface area contributed by atoms with Gasteiger partial charge in [-0.25, -0.2) is 0 Å². The highest BCUT2D eigenvalue weighted by Gasteiger charge is 2.30. The highest BCUT2D eigenvalue weighted by Crippen LogP contribution is 2.29. The summed E-state index contributed by atoms with van der Waals surface area (Å²) in [5.74, 6) is -0.225. The third-order valence-electron chi connectivity index (χ3n) is 5.00. The molecule has 0 unspecified atom stereocenters. The van der Waals surface area contributed by atoms with Crippen molar-refractivity contribution in [3.63, 3.8) is 0 Å². The lowest BCUT2D eigenvalue weighted by Crippen LogP contribution is -2.48. The first kappa shape index (κ1) is 23.2. The van der Waals surface area contributed by atoms with Crippen LogP contribution in [0.5, 0.6) is 0 Å². The third-order valence-corrected chi connectivity index (χ3v) is 6.26. The smallest absolute Gasteiger partial charge is 0.217 e. The van der Waals surface area contributed by atoms with Crippen LogP contribution >= 0.6 is 23.4 Å². The van der Waals surface area contributed by atoms with Crippen LogP contribution in [0.2, 0.25) is 0 Å². The summed E-state index contributed by atoms with van der Waals surface area (Å²) in [5, 5.41) is 2.96. The second kappa shape index (κ2) is 10.6. The summed E-state index contributed by atoms with van der Waals surface area (Å²) in [4.78, 5) is 37.9. The molecule has 2 rings (SSSR count). The maximum atomic E-state index is 12.8. The van der Waals surface area contributed by atoms with E-state index in [1.165, 1.54) is 6.92 Å². The molecule has 154 valence electrons. The lowest BCUT2D eigenvalue weighted by molar-refractivity contribution is -0.120. The number of rotatable bonds is 10. The Morgan fingerprint density at radius 2 is 1.31 bits per heavy atom. The van der Waals surface area contributed by atoms with E-state index >= 15 is 0 Å². The minimum atomic E-state index is -0.501. The second-order valence-electron chi connectivity index (χ2n) is 6.98. The van der Waals surface area contributed by atoms with E-state index in [1.54, 1.807) is 23.9 Å². The number of alkyl halides is 1. The van der Waals surface area contributed by atoms with Crippen molar-refractivity contribution in [1.82, 2.24) is 5.32 Å². The Morgan fingerprint density at radius 1 is 0.862 bits per heavy atom. The van der Waals surface area contributed by atoms with Crippen LogP contribution in [0.3, 0.4) is 0 Å². The van der Waals surface area contributed by atoms with Gasteiger partial charge in [0.1, 0.15) is 0 Å². The molecule has 4 nitrogen and oxygen atoms in total. The van der Waals surface area contributed by atoms with Crippen molar-refractivity contribution >= 4 is 40.8 Å². The molecule has 0 aliphatic heterocycles. The van der Waals surface area contributed by atoms with E-state index in [-0.39, 0.29) is 29.8 Å². The number of ketones is 2. The summed E-state index contributed by atoms with van der Waals surface area (Å²) in [7, 11) is 0. The molecule has 0 spiro atoms. The van der Waals surface area contributed by atoms with Gasteiger partial charge in [-0.2, -0.15) is 0 Å². The molecule has 0 bridgehead atoms. The van der Waals surface area contributed by atoms with Gasteiger partial charge < -0.3 is 5.32 Å². The summed E-state index contributed by atoms with van der Waals surface area (Å²) in [6, 6.07) is 14.8. The van der Waals surface area contributed by atoms with E-state index in [0.29, 0.717) is 24.0 Å². The maximum absolute atomic E-state index is 12.8. The maximum Gasteiger partial charge on any atom is 0.217 e. The molecule has 0 fully saturated rings. The van der Waals surface area contributed by atoms with Crippen molar-refractivity contribution in [3.05, 3.63) is 59.7 Å². The van der Waals surface area contributed by atoms with E-state index < -0.39 is 5.54 Å². The quantitative estimate of drug-likeness (QED) is 0.397. The summed E-state index contributed by atoms with van der Waals surface area (Å²) in [6.07, 6.45) is 1.68. The number of nitrogens with one attached hydrogen (secondary N) is 1. The van der Waals surface area contributed by atoms with Gasteiger partial charge in [-0.15, -0.1) is 11.6 Å². The highest BCUT2D eigenvalue weighted by atomic mass is 35.5. The average Bonchev–Trinajstić information content (AvgIpc) is 2.73. The molecule has 29 heavy (non-hydrogen) atoms. The number of benzene rings is 2. The van der Waals surface area contributed by atoms with Gasteiger partial charge in [0.15, 0.2) is 11.6 Å². The zero-order valence-corrected chi connectivity index (χ0v) is 18.5. The first-order chi connectivity index (χ1) is 13.8. The van der Waals surface area contributed by atoms with Crippen LogP contribution in [0.15, 0.2) is 58.3 Å². The Bertz CT molecular complexity index is 859. The molecule has 0 aromatic heterocycles. The molecule has 2 aromatic rings. The Kier molecular flexibility index (Phi) is 8.47. The molecule has 1 N–H and O–H groups in total. The van der Waals surface area contributed by atoms with Crippen LogP contribution in [0.25, 0.3) is 0 Å². The van der Waals surface area contributed by atoms with E-state index in [9.17, 15) is 14.4 Å². The Balaban J connectivity index is 2.06. The van der Waals surface area contributed by atoms with Crippen LogP contribution in [0, 0.1) is 0 Å². The van der Waals surface area contributed by atoms with Crippen LogP contribution in [-0.2, 0) is 4.79 Å². The Labute approximate surface area is 181 Å². The van der Waals surface area contributed by atoms with Gasteiger partial charge >= 0.3 is 0 Å². The lowest BCUT2D eigenvalue weighted by atomic mass is 9.85. The van der Waals surface area contributed by atoms with Gasteiger partial charge in [0.2, 0.25) is 5.91 Å². The Morgan fingerprint density at radius 3 is 1.69 bits per heavy atom. The summed E-state index contributed by atoms with van der Waals surface area (Å²) < 4.78 is 0. The molecule has 0 aliphatic carbocycles. The fourth-order valence-electron chi connectivity index (χ4n) is 3.13. The lowest BCUT2D eigenvalue weighted by Gasteiger charge is -2.32. The van der Waals surface area contributed by atoms with Gasteiger partial charge in [-0.05, 0) is 37.1 Å². The van der Waals surface area contributed by atoms with Crippen molar-refractivity contribution in [3.8, 4) is 0 Å². The SMILES string of the molecule is CCC(CC)(CC(=O)c1ccc(Sc2ccc(C(=O)CCl)cc2)cc1)NC(C)=O. The number of halogens is 1. The predicted octanol–water partition coefficient (Wildman–Crippen LogP) is 5.53. The fraction of sp³-hybridized carbons (Fsp3) is 0.348. The third kappa shape index (κ3) is 6.44. The van der Waals surface area contributed by atoms with E-state index in [0.717, 1.165) is 9.79 Å². The Hall–Kier alpha value is -2.11. The number of hydrogen-bond donors (Lipinski definition) is 1. The normalized spacial score (nSPS) is 11.2. The van der Waals surface area contributed by atoms with Gasteiger partial charge in [0, 0.05) is 39.8 Å². The minimum absolute atomic E-state index is 0.0166. The molecule has 1 amide bonds. The molecular weight excluding hydrogens is 406 g/mol. The molecule has 2 aromatic carbocycles. The first-order valence-electron chi connectivity index (χ1n) is 9.61. The van der Waals surface area contributed by atoms with Gasteiger partial charge in [-0.3, -0.25) is 14.4 Å². The molecule has 0 atom stereocenters. The van der Waals surface area contributed by atoms with E-state index in [4.69, 9.17) is 11.6 Å². The summed E-state index contributed by atoms with van der Waals surface area (Å²) >= 11 is 7.13. The van der Waals surface area contributed by atoms with Crippen LogP contribution in [0.4, 0.5) is 0 Å². The average molecular weight is 432 g/mol. The van der Waals surface area contributed by atoms with Crippen molar-refractivity contribution in [1.29, 1.82) is 0 Å². The number of amides is 1. The predicted molar refractivity (Wildman–Crippen MR) is 118 cm³/mol. The van der Waals surface area contributed by atoms with Crippen LogP contribution < -0.4 is 5.32 Å². The van der Waals surface area contributed by atoms with Crippen molar-refractivity contribution in [2.75, 3.05) is 5.88 Å². The first-order valence-corrected chi connectivity index (χ1v) is 11.0. The number of hydrogen-bond acceptors (Lipinski definition) is 4. The number of carbonyl (C=O) groups excluding carboxylic acids is 3. The highest BCUT2D eigenvalue weighted by molar-refractivity contribution is 7.99. The number of Topliss-reactive ketones (excluding diaryl/α,β-unsaturated/α-hetero) is 2. The van der Waals surface area contributed by atoms with Crippen molar-refractivity contribution in [2.45, 2.75) is 55.4 Å².